The number of hydrogen-bond donors (Lipinski definition) is 0. The maximum absolute atomic E-state index is 13.0. The predicted octanol–water partition coefficient (Wildman–Crippen LogP) is 5.84. The van der Waals surface area contributed by atoms with E-state index in [1.807, 2.05) is 24.5 Å². The molecule has 0 spiro atoms. The molecule has 0 unspecified atom stereocenters. The number of benzene rings is 1. The van der Waals surface area contributed by atoms with Crippen LogP contribution >= 0.6 is 35.0 Å². The lowest BCUT2D eigenvalue weighted by atomic mass is 10.2. The van der Waals surface area contributed by atoms with Crippen LogP contribution in [0.1, 0.15) is 42.6 Å². The number of amides is 3. The molecule has 0 N–H and O–H groups in total. The zero-order valence-corrected chi connectivity index (χ0v) is 20.9. The van der Waals surface area contributed by atoms with Crippen molar-refractivity contribution in [2.45, 2.75) is 39.5 Å². The minimum Gasteiger partial charge on any atom is -0.341 e. The Balaban J connectivity index is 1.56. The van der Waals surface area contributed by atoms with E-state index in [-0.39, 0.29) is 12.5 Å². The molecule has 4 rings (SSSR count). The van der Waals surface area contributed by atoms with Gasteiger partial charge in [0, 0.05) is 29.5 Å². The average Bonchev–Trinajstić information content (AvgIpc) is 3.06. The Morgan fingerprint density at radius 1 is 1.06 bits per heavy atom. The number of imide groups is 1. The average molecular weight is 506 g/mol. The fraction of sp³-hybridized carbons (Fsp3) is 0.375. The fourth-order valence-electron chi connectivity index (χ4n) is 4.29. The molecule has 9 heteroatoms. The van der Waals surface area contributed by atoms with Gasteiger partial charge in [-0.15, -0.1) is 0 Å². The lowest BCUT2D eigenvalue weighted by Crippen LogP contribution is -2.42. The van der Waals surface area contributed by atoms with Crippen LogP contribution in [0.5, 0.6) is 0 Å². The number of nitrogens with zero attached hydrogens (tertiary/aromatic N) is 3. The smallest absolute Gasteiger partial charge is 0.294 e. The summed E-state index contributed by atoms with van der Waals surface area (Å²) in [7, 11) is 0. The van der Waals surface area contributed by atoms with Gasteiger partial charge in [-0.25, -0.2) is 0 Å². The molecule has 6 nitrogen and oxygen atoms in total. The van der Waals surface area contributed by atoms with Gasteiger partial charge in [0.2, 0.25) is 5.91 Å². The van der Waals surface area contributed by atoms with Crippen LogP contribution in [0.25, 0.3) is 11.8 Å². The predicted molar refractivity (Wildman–Crippen MR) is 133 cm³/mol. The van der Waals surface area contributed by atoms with E-state index in [0.717, 1.165) is 65.0 Å². The number of likely N-dealkylation sites (tertiary alicyclic amines) is 1. The molecule has 1 aromatic heterocycles. The van der Waals surface area contributed by atoms with Crippen molar-refractivity contribution >= 4 is 58.1 Å². The van der Waals surface area contributed by atoms with Crippen molar-refractivity contribution in [3.05, 3.63) is 56.2 Å². The van der Waals surface area contributed by atoms with E-state index in [1.165, 1.54) is 0 Å². The second-order valence-corrected chi connectivity index (χ2v) is 10.2. The zero-order chi connectivity index (χ0) is 23.7. The van der Waals surface area contributed by atoms with Crippen LogP contribution in [0.3, 0.4) is 0 Å². The number of carbonyl (C=O) groups is 3. The third-order valence-corrected chi connectivity index (χ3v) is 7.49. The van der Waals surface area contributed by atoms with E-state index < -0.39 is 11.1 Å². The number of rotatable bonds is 4. The van der Waals surface area contributed by atoms with Gasteiger partial charge in [0.15, 0.2) is 0 Å². The summed E-state index contributed by atoms with van der Waals surface area (Å²) in [5, 5.41) is 0.708. The Bertz CT molecular complexity index is 1150. The maximum atomic E-state index is 13.0. The van der Waals surface area contributed by atoms with Gasteiger partial charge < -0.3 is 9.47 Å². The lowest BCUT2D eigenvalue weighted by Gasteiger charge is -2.22. The van der Waals surface area contributed by atoms with Crippen molar-refractivity contribution in [3.8, 4) is 5.69 Å². The SMILES string of the molecule is Cc1cc(C=C2SC(=O)N(CC(=O)N3CCCCCC3)C2=O)c(C)n1-c1cc(Cl)ccc1Cl. The first-order valence-electron chi connectivity index (χ1n) is 10.9. The minimum atomic E-state index is -0.432. The Labute approximate surface area is 207 Å². The zero-order valence-electron chi connectivity index (χ0n) is 18.6. The Morgan fingerprint density at radius 3 is 2.45 bits per heavy atom. The molecule has 2 aromatic rings. The number of aryl methyl sites for hydroxylation is 1. The topological polar surface area (TPSA) is 62.6 Å². The van der Waals surface area contributed by atoms with Crippen molar-refractivity contribution in [1.82, 2.24) is 14.4 Å². The van der Waals surface area contributed by atoms with E-state index in [4.69, 9.17) is 23.2 Å². The molecular weight excluding hydrogens is 481 g/mol. The van der Waals surface area contributed by atoms with Crippen LogP contribution in [0.15, 0.2) is 29.2 Å². The number of hydrogen-bond acceptors (Lipinski definition) is 4. The molecular formula is C24H25Cl2N3O3S. The van der Waals surface area contributed by atoms with Crippen molar-refractivity contribution in [1.29, 1.82) is 0 Å². The van der Waals surface area contributed by atoms with Gasteiger partial charge in [-0.1, -0.05) is 36.0 Å². The van der Waals surface area contributed by atoms with Crippen LogP contribution < -0.4 is 0 Å². The van der Waals surface area contributed by atoms with Crippen LogP contribution in [-0.4, -0.2) is 51.1 Å². The highest BCUT2D eigenvalue weighted by Gasteiger charge is 2.37. The van der Waals surface area contributed by atoms with E-state index in [1.54, 1.807) is 29.2 Å². The third-order valence-electron chi connectivity index (χ3n) is 6.03. The summed E-state index contributed by atoms with van der Waals surface area (Å²) >= 11 is 13.4. The summed E-state index contributed by atoms with van der Waals surface area (Å²) in [4.78, 5) is 41.4. The number of thioether (sulfide) groups is 1. The molecule has 3 heterocycles. The van der Waals surface area contributed by atoms with Crippen LogP contribution in [-0.2, 0) is 9.59 Å². The molecule has 2 aliphatic heterocycles. The first-order chi connectivity index (χ1) is 15.8. The molecule has 33 heavy (non-hydrogen) atoms. The summed E-state index contributed by atoms with van der Waals surface area (Å²) in [5.74, 6) is -0.604. The Morgan fingerprint density at radius 2 is 1.76 bits per heavy atom. The van der Waals surface area contributed by atoms with E-state index >= 15 is 0 Å². The summed E-state index contributed by atoms with van der Waals surface area (Å²) in [6.45, 7) is 5.02. The molecule has 2 fully saturated rings. The molecule has 0 bridgehead atoms. The molecule has 174 valence electrons. The van der Waals surface area contributed by atoms with Gasteiger partial charge in [0.05, 0.1) is 15.6 Å². The second kappa shape index (κ2) is 9.95. The van der Waals surface area contributed by atoms with Crippen molar-refractivity contribution in [2.75, 3.05) is 19.6 Å². The van der Waals surface area contributed by atoms with Gasteiger partial charge in [0.1, 0.15) is 6.54 Å². The first kappa shape index (κ1) is 23.9. The molecule has 0 atom stereocenters. The van der Waals surface area contributed by atoms with Crippen LogP contribution in [0, 0.1) is 13.8 Å². The quantitative estimate of drug-likeness (QED) is 0.489. The van der Waals surface area contributed by atoms with Crippen molar-refractivity contribution in [3.63, 3.8) is 0 Å². The molecule has 1 aromatic carbocycles. The highest BCUT2D eigenvalue weighted by atomic mass is 35.5. The standard InChI is InChI=1S/C24H25Cl2N3O3S/c1-15-11-17(16(2)29(15)20-13-18(25)7-8-19(20)26)12-21-23(31)28(24(32)33-21)14-22(30)27-9-5-3-4-6-10-27/h7-8,11-13H,3-6,9-10,14H2,1-2H3. The highest BCUT2D eigenvalue weighted by Crippen LogP contribution is 2.35. The Hall–Kier alpha value is -2.22. The summed E-state index contributed by atoms with van der Waals surface area (Å²) < 4.78 is 1.97. The van der Waals surface area contributed by atoms with Crippen molar-refractivity contribution < 1.29 is 14.4 Å². The van der Waals surface area contributed by atoms with E-state index in [9.17, 15) is 14.4 Å². The van der Waals surface area contributed by atoms with Gasteiger partial charge in [-0.05, 0) is 74.4 Å². The summed E-state index contributed by atoms with van der Waals surface area (Å²) in [6, 6.07) is 7.19. The largest absolute Gasteiger partial charge is 0.341 e. The van der Waals surface area contributed by atoms with Gasteiger partial charge in [0.25, 0.3) is 11.1 Å². The molecule has 2 saturated heterocycles. The molecule has 3 amide bonds. The van der Waals surface area contributed by atoms with Crippen LogP contribution in [0.2, 0.25) is 10.0 Å². The van der Waals surface area contributed by atoms with E-state index in [2.05, 4.69) is 0 Å². The van der Waals surface area contributed by atoms with Crippen LogP contribution in [0.4, 0.5) is 4.79 Å². The maximum Gasteiger partial charge on any atom is 0.294 e. The monoisotopic (exact) mass is 505 g/mol. The first-order valence-corrected chi connectivity index (χ1v) is 12.5. The fourth-order valence-corrected chi connectivity index (χ4v) is 5.49. The number of halogens is 2. The normalized spacial score (nSPS) is 18.4. The molecule has 0 saturated carbocycles. The molecule has 0 radical (unpaired) electrons. The number of aromatic nitrogens is 1. The minimum absolute atomic E-state index is 0.172. The van der Waals surface area contributed by atoms with Gasteiger partial charge >= 0.3 is 0 Å². The Kier molecular flexibility index (Phi) is 7.22. The van der Waals surface area contributed by atoms with Gasteiger partial charge in [-0.2, -0.15) is 0 Å². The number of carbonyl (C=O) groups excluding carboxylic acids is 3. The van der Waals surface area contributed by atoms with E-state index in [0.29, 0.717) is 28.0 Å². The summed E-state index contributed by atoms with van der Waals surface area (Å²) in [6.07, 6.45) is 5.83. The van der Waals surface area contributed by atoms with Gasteiger partial charge in [-0.3, -0.25) is 19.3 Å². The molecule has 0 aliphatic carbocycles. The lowest BCUT2D eigenvalue weighted by molar-refractivity contribution is -0.135. The third kappa shape index (κ3) is 5.00. The summed E-state index contributed by atoms with van der Waals surface area (Å²) in [5.41, 5.74) is 3.32. The highest BCUT2D eigenvalue weighted by molar-refractivity contribution is 8.18. The molecule has 2 aliphatic rings. The van der Waals surface area contributed by atoms with Crippen molar-refractivity contribution in [2.24, 2.45) is 0 Å². The second-order valence-electron chi connectivity index (χ2n) is 8.32.